The minimum absolute atomic E-state index is 0. The Hall–Kier alpha value is -0.706. The molecule has 0 fully saturated rings. The summed E-state index contributed by atoms with van der Waals surface area (Å²) in [5.41, 5.74) is 0.468. The normalized spacial score (nSPS) is 9.39. The molecule has 0 unspecified atom stereocenters. The minimum Gasteiger partial charge on any atom is -0.308 e. The molecule has 0 aliphatic rings. The number of rotatable bonds is 2. The topological polar surface area (TPSA) is 46.2 Å². The summed E-state index contributed by atoms with van der Waals surface area (Å²) in [4.78, 5) is 0. The van der Waals surface area contributed by atoms with Gasteiger partial charge in [-0.15, -0.1) is 6.07 Å². The van der Waals surface area contributed by atoms with Gasteiger partial charge in [-0.05, 0) is 0 Å². The van der Waals surface area contributed by atoms with E-state index in [9.17, 15) is 8.42 Å². The molecule has 2 aromatic carbocycles. The molecule has 0 heterocycles. The number of sulfonamides is 1. The van der Waals surface area contributed by atoms with E-state index in [1.165, 1.54) is 0 Å². The van der Waals surface area contributed by atoms with Crippen LogP contribution in [0.4, 0.5) is 5.69 Å². The fourth-order valence-corrected chi connectivity index (χ4v) is 1.52. The van der Waals surface area contributed by atoms with Crippen LogP contribution in [0.3, 0.4) is 0 Å². The molecule has 0 aromatic heterocycles. The van der Waals surface area contributed by atoms with Crippen molar-refractivity contribution in [3.05, 3.63) is 66.7 Å². The summed E-state index contributed by atoms with van der Waals surface area (Å²) >= 11 is 0. The zero-order chi connectivity index (χ0) is 12.6. The van der Waals surface area contributed by atoms with Crippen LogP contribution in [0.25, 0.3) is 0 Å². The molecule has 2 aromatic rings. The number of anilines is 1. The quantitative estimate of drug-likeness (QED) is 0.856. The van der Waals surface area contributed by atoms with Crippen LogP contribution in [0.5, 0.6) is 0 Å². The molecule has 3 nitrogen and oxygen atoms in total. The van der Waals surface area contributed by atoms with Crippen LogP contribution in [0.1, 0.15) is 0 Å². The molecule has 0 atom stereocenters. The van der Waals surface area contributed by atoms with Crippen molar-refractivity contribution < 1.29 is 41.1 Å². The molecule has 1 N–H and O–H groups in total. The van der Waals surface area contributed by atoms with Gasteiger partial charge in [0, 0.05) is 32.7 Å². The molecule has 0 amide bonds. The molecule has 2 rings (SSSR count). The molecule has 0 saturated carbocycles. The molecule has 0 aliphatic heterocycles. The predicted molar refractivity (Wildman–Crippen MR) is 69.0 cm³/mol. The van der Waals surface area contributed by atoms with E-state index in [-0.39, 0.29) is 32.7 Å². The summed E-state index contributed by atoms with van der Waals surface area (Å²) in [6, 6.07) is 22.0. The van der Waals surface area contributed by atoms with E-state index in [1.54, 1.807) is 24.3 Å². The number of hydrogen-bond donors (Lipinski definition) is 1. The van der Waals surface area contributed by atoms with Gasteiger partial charge in [0.1, 0.15) is 0 Å². The number of para-hydroxylation sites is 1. The Balaban J connectivity index is 0.000000352. The van der Waals surface area contributed by atoms with Crippen molar-refractivity contribution in [1.82, 2.24) is 0 Å². The van der Waals surface area contributed by atoms with E-state index in [0.717, 1.165) is 6.26 Å². The van der Waals surface area contributed by atoms with Gasteiger partial charge in [-0.2, -0.15) is 60.7 Å². The molecule has 0 bridgehead atoms. The first-order valence-electron chi connectivity index (χ1n) is 4.93. The summed E-state index contributed by atoms with van der Waals surface area (Å²) in [6.07, 6.45) is 1.10. The molecule has 5 heteroatoms. The third-order valence-electron chi connectivity index (χ3n) is 1.61. The number of hydrogen-bond acceptors (Lipinski definition) is 2. The molecule has 0 aliphatic carbocycles. The van der Waals surface area contributed by atoms with Gasteiger partial charge in [-0.3, -0.25) is 0 Å². The van der Waals surface area contributed by atoms with Gasteiger partial charge in [0.25, 0.3) is 0 Å². The summed E-state index contributed by atoms with van der Waals surface area (Å²) < 4.78 is 23.6. The molecule has 93 valence electrons. The van der Waals surface area contributed by atoms with Crippen molar-refractivity contribution in [3.8, 4) is 0 Å². The molecular formula is C13H13NO2SY-2. The third kappa shape index (κ3) is 9.34. The third-order valence-corrected chi connectivity index (χ3v) is 2.20. The Kier molecular flexibility index (Phi) is 8.89. The average Bonchev–Trinajstić information content (AvgIpc) is 2.31. The van der Waals surface area contributed by atoms with Gasteiger partial charge in [0.15, 0.2) is 0 Å². The van der Waals surface area contributed by atoms with Gasteiger partial charge >= 0.3 is 0 Å². The van der Waals surface area contributed by atoms with E-state index in [4.69, 9.17) is 0 Å². The first-order chi connectivity index (χ1) is 8.08. The van der Waals surface area contributed by atoms with E-state index < -0.39 is 10.0 Å². The zero-order valence-electron chi connectivity index (χ0n) is 10.00. The summed E-state index contributed by atoms with van der Waals surface area (Å²) in [6.45, 7) is 0. The smallest absolute Gasteiger partial charge is 0.227 e. The van der Waals surface area contributed by atoms with Crippen molar-refractivity contribution >= 4 is 15.7 Å². The fourth-order valence-electron chi connectivity index (χ4n) is 0.998. The van der Waals surface area contributed by atoms with Gasteiger partial charge < -0.3 is 4.72 Å². The Morgan fingerprint density at radius 3 is 1.94 bits per heavy atom. The second-order valence-corrected chi connectivity index (χ2v) is 4.98. The van der Waals surface area contributed by atoms with Crippen LogP contribution < -0.4 is 4.72 Å². The second-order valence-electron chi connectivity index (χ2n) is 3.23. The summed E-state index contributed by atoms with van der Waals surface area (Å²) in [5, 5.41) is 0. The summed E-state index contributed by atoms with van der Waals surface area (Å²) in [5.74, 6) is 0. The second kappa shape index (κ2) is 9.25. The van der Waals surface area contributed by atoms with E-state index in [0.29, 0.717) is 5.69 Å². The molecule has 18 heavy (non-hydrogen) atoms. The van der Waals surface area contributed by atoms with E-state index in [2.05, 4.69) is 16.9 Å². The van der Waals surface area contributed by atoms with Gasteiger partial charge in [0.05, 0.1) is 6.26 Å². The van der Waals surface area contributed by atoms with Crippen molar-refractivity contribution in [2.24, 2.45) is 0 Å². The number of nitrogens with one attached hydrogen (secondary N) is 1. The van der Waals surface area contributed by atoms with Crippen LogP contribution in [-0.2, 0) is 42.7 Å². The Morgan fingerprint density at radius 1 is 1.00 bits per heavy atom. The SMILES string of the molecule is CS(=O)(=O)Nc1[c-]cccc1.[Y].[c-]1ccccc1. The zero-order valence-corrected chi connectivity index (χ0v) is 13.7. The Labute approximate surface area is 134 Å². The van der Waals surface area contributed by atoms with Crippen LogP contribution >= 0.6 is 0 Å². The molecule has 0 saturated heterocycles. The van der Waals surface area contributed by atoms with Gasteiger partial charge in [0.2, 0.25) is 10.0 Å². The maximum atomic E-state index is 10.7. The van der Waals surface area contributed by atoms with E-state index in [1.807, 2.05) is 30.3 Å². The van der Waals surface area contributed by atoms with Crippen molar-refractivity contribution in [1.29, 1.82) is 0 Å². The van der Waals surface area contributed by atoms with Gasteiger partial charge in [-0.1, -0.05) is 5.69 Å². The van der Waals surface area contributed by atoms with Crippen LogP contribution in [-0.4, -0.2) is 14.7 Å². The molecule has 0 spiro atoms. The van der Waals surface area contributed by atoms with E-state index >= 15 is 0 Å². The first-order valence-corrected chi connectivity index (χ1v) is 6.83. The average molecular weight is 336 g/mol. The number of benzene rings is 2. The Morgan fingerprint density at radius 2 is 1.61 bits per heavy atom. The standard InChI is InChI=1S/C7H8NO2S.C6H5.Y/c1-11(9,10)8-7-5-3-2-4-6-7;1-2-4-6-5-3-1;/h2-5,8H,1H3;1-5H;/q2*-1;. The van der Waals surface area contributed by atoms with Crippen LogP contribution in [0.2, 0.25) is 0 Å². The molecule has 1 radical (unpaired) electrons. The molecular weight excluding hydrogens is 323 g/mol. The summed E-state index contributed by atoms with van der Waals surface area (Å²) in [7, 11) is -3.16. The maximum absolute atomic E-state index is 10.7. The van der Waals surface area contributed by atoms with Crippen molar-refractivity contribution in [3.63, 3.8) is 0 Å². The monoisotopic (exact) mass is 336 g/mol. The van der Waals surface area contributed by atoms with Crippen molar-refractivity contribution in [2.45, 2.75) is 0 Å². The van der Waals surface area contributed by atoms with Gasteiger partial charge in [-0.25, -0.2) is 8.42 Å². The van der Waals surface area contributed by atoms with Crippen LogP contribution in [0.15, 0.2) is 54.6 Å². The first kappa shape index (κ1) is 17.3. The fraction of sp³-hybridized carbons (Fsp3) is 0.0769. The predicted octanol–water partition coefficient (Wildman–Crippen LogP) is 2.34. The maximum Gasteiger partial charge on any atom is 0.227 e. The van der Waals surface area contributed by atoms with Crippen molar-refractivity contribution in [2.75, 3.05) is 11.0 Å². The van der Waals surface area contributed by atoms with Crippen LogP contribution in [0, 0.1) is 12.1 Å². The minimum atomic E-state index is -3.16. The Bertz CT molecular complexity index is 488. The largest absolute Gasteiger partial charge is 0.308 e.